The van der Waals surface area contributed by atoms with Gasteiger partial charge in [0.25, 0.3) is 5.91 Å². The fourth-order valence-corrected chi connectivity index (χ4v) is 3.24. The summed E-state index contributed by atoms with van der Waals surface area (Å²) in [5.41, 5.74) is 2.08. The van der Waals surface area contributed by atoms with Crippen molar-refractivity contribution in [3.05, 3.63) is 64.6 Å². The third kappa shape index (κ3) is 5.93. The van der Waals surface area contributed by atoms with Crippen molar-refractivity contribution >= 4 is 22.9 Å². The molecule has 3 rings (SSSR count). The van der Waals surface area contributed by atoms with Crippen molar-refractivity contribution in [3.8, 4) is 5.75 Å². The van der Waals surface area contributed by atoms with Crippen LogP contribution < -0.4 is 15.7 Å². The van der Waals surface area contributed by atoms with E-state index in [-0.39, 0.29) is 30.9 Å². The summed E-state index contributed by atoms with van der Waals surface area (Å²) in [6, 6.07) is 13.4. The number of alkyl halides is 2. The average molecular weight is 447 g/mol. The van der Waals surface area contributed by atoms with Crippen molar-refractivity contribution in [1.82, 2.24) is 14.5 Å². The van der Waals surface area contributed by atoms with Crippen LogP contribution in [-0.2, 0) is 34.3 Å². The first-order valence-corrected chi connectivity index (χ1v) is 9.95. The van der Waals surface area contributed by atoms with Gasteiger partial charge in [-0.15, -0.1) is 0 Å². The van der Waals surface area contributed by atoms with Crippen LogP contribution in [0.2, 0.25) is 0 Å². The number of aryl methyl sites for hydroxylation is 2. The molecule has 1 heterocycles. The standard InChI is InChI=1S/C22H23F2N3O5/c1-26-17-4-2-3-5-18(17)27(22(26)30)13-11-20(29)31-14-19(28)25-12-10-15-6-8-16(9-7-15)32-21(23)24/h2-9,21H,10-14H2,1H3,(H,25,28). The summed E-state index contributed by atoms with van der Waals surface area (Å²) in [4.78, 5) is 36.2. The van der Waals surface area contributed by atoms with Crippen LogP contribution in [-0.4, -0.2) is 40.8 Å². The normalized spacial score (nSPS) is 11.0. The monoisotopic (exact) mass is 447 g/mol. The highest BCUT2D eigenvalue weighted by atomic mass is 19.3. The molecule has 0 atom stereocenters. The molecule has 0 bridgehead atoms. The highest BCUT2D eigenvalue weighted by Crippen LogP contribution is 2.15. The van der Waals surface area contributed by atoms with Gasteiger partial charge in [-0.2, -0.15) is 8.78 Å². The number of nitrogens with one attached hydrogen (secondary N) is 1. The molecule has 1 aromatic heterocycles. The molecule has 170 valence electrons. The van der Waals surface area contributed by atoms with E-state index in [4.69, 9.17) is 4.74 Å². The zero-order chi connectivity index (χ0) is 23.1. The van der Waals surface area contributed by atoms with Gasteiger partial charge in [0, 0.05) is 20.1 Å². The zero-order valence-electron chi connectivity index (χ0n) is 17.4. The summed E-state index contributed by atoms with van der Waals surface area (Å²) >= 11 is 0. The maximum atomic E-state index is 12.3. The van der Waals surface area contributed by atoms with Crippen molar-refractivity contribution in [1.29, 1.82) is 0 Å². The van der Waals surface area contributed by atoms with Crippen LogP contribution in [0.5, 0.6) is 5.75 Å². The summed E-state index contributed by atoms with van der Waals surface area (Å²) in [7, 11) is 1.66. The van der Waals surface area contributed by atoms with Crippen molar-refractivity contribution in [3.63, 3.8) is 0 Å². The Morgan fingerprint density at radius 2 is 1.75 bits per heavy atom. The predicted octanol–water partition coefficient (Wildman–Crippen LogP) is 2.23. The van der Waals surface area contributed by atoms with Crippen LogP contribution in [0.1, 0.15) is 12.0 Å². The Balaban J connectivity index is 1.38. The Kier molecular flexibility index (Phi) is 7.58. The number of esters is 1. The fraction of sp³-hybridized carbons (Fsp3) is 0.318. The number of hydrogen-bond donors (Lipinski definition) is 1. The number of halogens is 2. The van der Waals surface area contributed by atoms with Crippen LogP contribution >= 0.6 is 0 Å². The number of rotatable bonds is 10. The molecule has 32 heavy (non-hydrogen) atoms. The van der Waals surface area contributed by atoms with Crippen molar-refractivity contribution in [2.45, 2.75) is 26.0 Å². The predicted molar refractivity (Wildman–Crippen MR) is 113 cm³/mol. The molecule has 0 saturated carbocycles. The van der Waals surface area contributed by atoms with E-state index in [2.05, 4.69) is 10.1 Å². The summed E-state index contributed by atoms with van der Waals surface area (Å²) in [6.07, 6.45) is 0.423. The van der Waals surface area contributed by atoms with Gasteiger partial charge < -0.3 is 14.8 Å². The summed E-state index contributed by atoms with van der Waals surface area (Å²) in [6.45, 7) is -2.87. The summed E-state index contributed by atoms with van der Waals surface area (Å²) in [5.74, 6) is -0.988. The number of para-hydroxylation sites is 2. The van der Waals surface area contributed by atoms with E-state index in [9.17, 15) is 23.2 Å². The second-order valence-electron chi connectivity index (χ2n) is 7.02. The van der Waals surface area contributed by atoms with Crippen LogP contribution in [0.25, 0.3) is 11.0 Å². The lowest BCUT2D eigenvalue weighted by Crippen LogP contribution is -2.30. The molecule has 0 radical (unpaired) electrons. The Morgan fingerprint density at radius 3 is 2.44 bits per heavy atom. The molecule has 2 aromatic carbocycles. The lowest BCUT2D eigenvalue weighted by Gasteiger charge is -2.08. The van der Waals surface area contributed by atoms with Gasteiger partial charge >= 0.3 is 18.3 Å². The van der Waals surface area contributed by atoms with Crippen LogP contribution in [0.15, 0.2) is 53.3 Å². The maximum Gasteiger partial charge on any atom is 0.387 e. The quantitative estimate of drug-likeness (QED) is 0.482. The molecule has 8 nitrogen and oxygen atoms in total. The topological polar surface area (TPSA) is 91.6 Å². The van der Waals surface area contributed by atoms with Crippen molar-refractivity contribution in [2.75, 3.05) is 13.2 Å². The van der Waals surface area contributed by atoms with Gasteiger partial charge in [0.15, 0.2) is 6.61 Å². The highest BCUT2D eigenvalue weighted by Gasteiger charge is 2.13. The Morgan fingerprint density at radius 1 is 1.06 bits per heavy atom. The van der Waals surface area contributed by atoms with Crippen molar-refractivity contribution in [2.24, 2.45) is 7.05 Å². The minimum Gasteiger partial charge on any atom is -0.456 e. The van der Waals surface area contributed by atoms with Gasteiger partial charge in [-0.3, -0.25) is 18.7 Å². The zero-order valence-corrected chi connectivity index (χ0v) is 17.4. The largest absolute Gasteiger partial charge is 0.456 e. The lowest BCUT2D eigenvalue weighted by atomic mass is 10.1. The minimum absolute atomic E-state index is 0.0474. The molecule has 0 aliphatic rings. The Labute approximate surface area is 182 Å². The van der Waals surface area contributed by atoms with Crippen molar-refractivity contribution < 1.29 is 27.8 Å². The first-order chi connectivity index (χ1) is 15.3. The third-order valence-electron chi connectivity index (χ3n) is 4.84. The molecule has 1 amide bonds. The van der Waals surface area contributed by atoms with Crippen LogP contribution in [0.4, 0.5) is 8.78 Å². The van der Waals surface area contributed by atoms with Gasteiger partial charge in [0.2, 0.25) is 0 Å². The molecular weight excluding hydrogens is 424 g/mol. The number of imidazole rings is 1. The number of ether oxygens (including phenoxy) is 2. The first kappa shape index (κ1) is 23.0. The molecule has 0 aliphatic carbocycles. The smallest absolute Gasteiger partial charge is 0.387 e. The molecular formula is C22H23F2N3O5. The average Bonchev–Trinajstić information content (AvgIpc) is 3.02. The third-order valence-corrected chi connectivity index (χ3v) is 4.84. The number of hydrogen-bond acceptors (Lipinski definition) is 5. The molecule has 10 heteroatoms. The van der Waals surface area contributed by atoms with Gasteiger partial charge in [0.05, 0.1) is 17.5 Å². The minimum atomic E-state index is -2.88. The van der Waals surface area contributed by atoms with E-state index in [1.54, 1.807) is 25.2 Å². The SMILES string of the molecule is Cn1c(=O)n(CCC(=O)OCC(=O)NCCc2ccc(OC(F)F)cc2)c2ccccc21. The molecule has 0 aliphatic heterocycles. The van der Waals surface area contributed by atoms with E-state index >= 15 is 0 Å². The molecule has 0 spiro atoms. The molecule has 3 aromatic rings. The van der Waals surface area contributed by atoms with Crippen LogP contribution in [0, 0.1) is 0 Å². The Hall–Kier alpha value is -3.69. The van der Waals surface area contributed by atoms with E-state index in [0.29, 0.717) is 6.42 Å². The molecule has 0 saturated heterocycles. The van der Waals surface area contributed by atoms with E-state index in [0.717, 1.165) is 16.6 Å². The van der Waals surface area contributed by atoms with Gasteiger partial charge in [0.1, 0.15) is 5.75 Å². The number of aromatic nitrogens is 2. The van der Waals surface area contributed by atoms with Gasteiger partial charge in [-0.1, -0.05) is 24.3 Å². The number of benzene rings is 2. The molecule has 0 unspecified atom stereocenters. The highest BCUT2D eigenvalue weighted by molar-refractivity contribution is 5.80. The van der Waals surface area contributed by atoms with E-state index in [1.165, 1.54) is 21.3 Å². The summed E-state index contributed by atoms with van der Waals surface area (Å²) in [5, 5.41) is 2.62. The maximum absolute atomic E-state index is 12.3. The molecule has 1 N–H and O–H groups in total. The van der Waals surface area contributed by atoms with Gasteiger partial charge in [-0.05, 0) is 36.2 Å². The fourth-order valence-electron chi connectivity index (χ4n) is 3.24. The second-order valence-corrected chi connectivity index (χ2v) is 7.02. The first-order valence-electron chi connectivity index (χ1n) is 9.95. The van der Waals surface area contributed by atoms with E-state index < -0.39 is 25.1 Å². The van der Waals surface area contributed by atoms with Gasteiger partial charge in [-0.25, -0.2) is 4.79 Å². The number of carbonyl (C=O) groups excluding carboxylic acids is 2. The lowest BCUT2D eigenvalue weighted by molar-refractivity contribution is -0.148. The second kappa shape index (κ2) is 10.6. The summed E-state index contributed by atoms with van der Waals surface area (Å²) < 4.78 is 36.5. The number of amides is 1. The number of fused-ring (bicyclic) bond motifs is 1. The Bertz CT molecular complexity index is 1140. The van der Waals surface area contributed by atoms with Crippen LogP contribution in [0.3, 0.4) is 0 Å². The molecule has 0 fully saturated rings. The number of nitrogens with zero attached hydrogens (tertiary/aromatic N) is 2. The number of carbonyl (C=O) groups is 2. The van der Waals surface area contributed by atoms with E-state index in [1.807, 2.05) is 18.2 Å².